The average molecular weight is 302 g/mol. The lowest BCUT2D eigenvalue weighted by molar-refractivity contribution is -0.137. The highest BCUT2D eigenvalue weighted by molar-refractivity contribution is 5.99. The molecule has 0 bridgehead atoms. The van der Waals surface area contributed by atoms with Gasteiger partial charge in [-0.15, -0.1) is 0 Å². The van der Waals surface area contributed by atoms with Crippen molar-refractivity contribution in [2.45, 2.75) is 20.3 Å². The monoisotopic (exact) mass is 302 g/mol. The lowest BCUT2D eigenvalue weighted by atomic mass is 10.1. The molecule has 5 nitrogen and oxygen atoms in total. The fourth-order valence-corrected chi connectivity index (χ4v) is 3.06. The molecule has 22 heavy (non-hydrogen) atoms. The maximum absolute atomic E-state index is 12.3. The van der Waals surface area contributed by atoms with Crippen LogP contribution in [-0.2, 0) is 14.3 Å². The first-order chi connectivity index (χ1) is 10.5. The van der Waals surface area contributed by atoms with E-state index < -0.39 is 0 Å². The molecule has 2 fully saturated rings. The van der Waals surface area contributed by atoms with Crippen molar-refractivity contribution < 1.29 is 14.3 Å². The molecule has 0 aromatic heterocycles. The van der Waals surface area contributed by atoms with Crippen LogP contribution in [0.5, 0.6) is 0 Å². The van der Waals surface area contributed by atoms with Crippen molar-refractivity contribution in [3.8, 4) is 0 Å². The van der Waals surface area contributed by atoms with Gasteiger partial charge in [0.15, 0.2) is 0 Å². The van der Waals surface area contributed by atoms with Crippen LogP contribution < -0.4 is 5.32 Å². The molecule has 2 amide bonds. The Balaban J connectivity index is 1.57. The molecule has 118 valence electrons. The van der Waals surface area contributed by atoms with E-state index in [-0.39, 0.29) is 23.7 Å². The van der Waals surface area contributed by atoms with Gasteiger partial charge in [0, 0.05) is 18.8 Å². The Morgan fingerprint density at radius 2 is 1.73 bits per heavy atom. The Morgan fingerprint density at radius 3 is 2.36 bits per heavy atom. The number of benzene rings is 1. The van der Waals surface area contributed by atoms with Crippen molar-refractivity contribution in [3.63, 3.8) is 0 Å². The molecule has 1 saturated heterocycles. The molecule has 1 aromatic rings. The summed E-state index contributed by atoms with van der Waals surface area (Å²) >= 11 is 0. The van der Waals surface area contributed by atoms with Crippen molar-refractivity contribution in [2.24, 2.45) is 11.8 Å². The quantitative estimate of drug-likeness (QED) is 0.925. The maximum atomic E-state index is 12.3. The number of amides is 2. The summed E-state index contributed by atoms with van der Waals surface area (Å²) in [5.74, 6) is -0.277. The first-order valence-electron chi connectivity index (χ1n) is 7.80. The zero-order valence-corrected chi connectivity index (χ0v) is 13.1. The Bertz CT molecular complexity index is 573. The highest BCUT2D eigenvalue weighted by Crippen LogP contribution is 2.41. The van der Waals surface area contributed by atoms with Crippen molar-refractivity contribution in [3.05, 3.63) is 29.3 Å². The summed E-state index contributed by atoms with van der Waals surface area (Å²) in [6.45, 7) is 6.48. The first-order valence-corrected chi connectivity index (χ1v) is 7.80. The van der Waals surface area contributed by atoms with E-state index >= 15 is 0 Å². The van der Waals surface area contributed by atoms with E-state index in [1.54, 1.807) is 0 Å². The van der Waals surface area contributed by atoms with Crippen LogP contribution in [0.25, 0.3) is 0 Å². The minimum Gasteiger partial charge on any atom is -0.378 e. The number of carbonyl (C=O) groups excluding carboxylic acids is 2. The third-order valence-corrected chi connectivity index (χ3v) is 4.26. The molecule has 1 heterocycles. The van der Waals surface area contributed by atoms with E-state index in [2.05, 4.69) is 11.4 Å². The van der Waals surface area contributed by atoms with Gasteiger partial charge >= 0.3 is 0 Å². The Hall–Kier alpha value is -1.88. The highest BCUT2D eigenvalue weighted by atomic mass is 16.5. The lowest BCUT2D eigenvalue weighted by Gasteiger charge is -2.27. The lowest BCUT2D eigenvalue weighted by Crippen LogP contribution is -2.42. The van der Waals surface area contributed by atoms with E-state index in [1.807, 2.05) is 30.9 Å². The summed E-state index contributed by atoms with van der Waals surface area (Å²) in [5.41, 5.74) is 3.05. The number of aryl methyl sites for hydroxylation is 2. The second-order valence-corrected chi connectivity index (χ2v) is 6.25. The molecule has 0 radical (unpaired) electrons. The van der Waals surface area contributed by atoms with Crippen LogP contribution in [-0.4, -0.2) is 43.0 Å². The number of hydrogen-bond donors (Lipinski definition) is 1. The van der Waals surface area contributed by atoms with Crippen molar-refractivity contribution in [1.29, 1.82) is 0 Å². The topological polar surface area (TPSA) is 58.6 Å². The van der Waals surface area contributed by atoms with Crippen molar-refractivity contribution >= 4 is 17.5 Å². The van der Waals surface area contributed by atoms with E-state index in [0.29, 0.717) is 32.7 Å². The molecule has 0 spiro atoms. The van der Waals surface area contributed by atoms with E-state index in [1.165, 1.54) is 0 Å². The smallest absolute Gasteiger partial charge is 0.228 e. The number of nitrogens with one attached hydrogen (secondary N) is 1. The third-order valence-electron chi connectivity index (χ3n) is 4.26. The minimum absolute atomic E-state index is 0.0448. The van der Waals surface area contributed by atoms with Crippen LogP contribution in [0.1, 0.15) is 17.5 Å². The van der Waals surface area contributed by atoms with Gasteiger partial charge in [-0.2, -0.15) is 0 Å². The number of carbonyl (C=O) groups is 2. The summed E-state index contributed by atoms with van der Waals surface area (Å²) in [7, 11) is 0. The number of hydrogen-bond acceptors (Lipinski definition) is 3. The van der Waals surface area contributed by atoms with Crippen molar-refractivity contribution in [1.82, 2.24) is 4.90 Å². The SMILES string of the molecule is Cc1cc(C)cc(NC(=O)C2CC2C(=O)N2CCOCC2)c1. The fraction of sp³-hybridized carbons (Fsp3) is 0.529. The molecule has 5 heteroatoms. The fourth-order valence-electron chi connectivity index (χ4n) is 3.06. The molecule has 1 N–H and O–H groups in total. The maximum Gasteiger partial charge on any atom is 0.228 e. The number of morpholine rings is 1. The van der Waals surface area contributed by atoms with Crippen LogP contribution >= 0.6 is 0 Å². The third kappa shape index (κ3) is 3.30. The van der Waals surface area contributed by atoms with Crippen LogP contribution in [0, 0.1) is 25.7 Å². The standard InChI is InChI=1S/C17H22N2O3/c1-11-7-12(2)9-13(8-11)18-16(20)14-10-15(14)17(21)19-3-5-22-6-4-19/h7-9,14-15H,3-6,10H2,1-2H3,(H,18,20). The molecule has 1 aromatic carbocycles. The number of nitrogens with zero attached hydrogens (tertiary/aromatic N) is 1. The molecular weight excluding hydrogens is 280 g/mol. The van der Waals surface area contributed by atoms with Gasteiger partial charge < -0.3 is 15.0 Å². The van der Waals surface area contributed by atoms with Gasteiger partial charge in [-0.25, -0.2) is 0 Å². The number of rotatable bonds is 3. The van der Waals surface area contributed by atoms with E-state index in [9.17, 15) is 9.59 Å². The van der Waals surface area contributed by atoms with Crippen LogP contribution in [0.15, 0.2) is 18.2 Å². The second kappa shape index (κ2) is 6.08. The van der Waals surface area contributed by atoms with Gasteiger partial charge in [0.2, 0.25) is 11.8 Å². The van der Waals surface area contributed by atoms with E-state index in [4.69, 9.17) is 4.74 Å². The molecular formula is C17H22N2O3. The second-order valence-electron chi connectivity index (χ2n) is 6.25. The Labute approximate surface area is 130 Å². The highest BCUT2D eigenvalue weighted by Gasteiger charge is 2.49. The largest absolute Gasteiger partial charge is 0.378 e. The normalized spacial score (nSPS) is 24.0. The van der Waals surface area contributed by atoms with Gasteiger partial charge in [-0.3, -0.25) is 9.59 Å². The predicted octanol–water partition coefficient (Wildman–Crippen LogP) is 1.74. The van der Waals surface area contributed by atoms with Gasteiger partial charge in [-0.1, -0.05) is 6.07 Å². The molecule has 1 saturated carbocycles. The van der Waals surface area contributed by atoms with Crippen molar-refractivity contribution in [2.75, 3.05) is 31.6 Å². The zero-order chi connectivity index (χ0) is 15.7. The minimum atomic E-state index is -0.184. The average Bonchev–Trinajstić information content (AvgIpc) is 3.27. The molecule has 2 unspecified atom stereocenters. The summed E-state index contributed by atoms with van der Waals surface area (Å²) in [6, 6.07) is 5.97. The van der Waals surface area contributed by atoms with Gasteiger partial charge in [0.05, 0.1) is 25.0 Å². The van der Waals surface area contributed by atoms with Crippen LogP contribution in [0.3, 0.4) is 0 Å². The molecule has 2 atom stereocenters. The number of anilines is 1. The summed E-state index contributed by atoms with van der Waals surface area (Å²) < 4.78 is 5.25. The number of ether oxygens (including phenoxy) is 1. The summed E-state index contributed by atoms with van der Waals surface area (Å²) in [4.78, 5) is 26.4. The van der Waals surface area contributed by atoms with E-state index in [0.717, 1.165) is 16.8 Å². The van der Waals surface area contributed by atoms with Crippen LogP contribution in [0.2, 0.25) is 0 Å². The Morgan fingerprint density at radius 1 is 1.09 bits per heavy atom. The summed E-state index contributed by atoms with van der Waals surface area (Å²) in [5, 5.41) is 2.94. The first kappa shape index (κ1) is 15.0. The zero-order valence-electron chi connectivity index (χ0n) is 13.1. The summed E-state index contributed by atoms with van der Waals surface area (Å²) in [6.07, 6.45) is 0.660. The van der Waals surface area contributed by atoms with Gasteiger partial charge in [-0.05, 0) is 43.5 Å². The molecule has 1 aliphatic carbocycles. The molecule has 2 aliphatic rings. The molecule has 1 aliphatic heterocycles. The molecule has 3 rings (SSSR count). The predicted molar refractivity (Wildman–Crippen MR) is 83.5 cm³/mol. The van der Waals surface area contributed by atoms with Gasteiger partial charge in [0.1, 0.15) is 0 Å². The Kier molecular flexibility index (Phi) is 4.16. The van der Waals surface area contributed by atoms with Crippen LogP contribution in [0.4, 0.5) is 5.69 Å². The van der Waals surface area contributed by atoms with Gasteiger partial charge in [0.25, 0.3) is 0 Å².